The molecule has 0 fully saturated rings. The second kappa shape index (κ2) is 5.64. The van der Waals surface area contributed by atoms with Gasteiger partial charge >= 0.3 is 0 Å². The molecule has 0 saturated heterocycles. The minimum Gasteiger partial charge on any atom is -0.388 e. The maximum atomic E-state index is 13.9. The van der Waals surface area contributed by atoms with Gasteiger partial charge in [-0.25, -0.2) is 4.39 Å². The summed E-state index contributed by atoms with van der Waals surface area (Å²) in [6, 6.07) is 12.8. The van der Waals surface area contributed by atoms with Crippen molar-refractivity contribution >= 4 is 37.4 Å². The second-order valence-electron chi connectivity index (χ2n) is 4.64. The normalized spacial score (nSPS) is 12.8. The Hall–Kier alpha value is -1.23. The van der Waals surface area contributed by atoms with Gasteiger partial charge in [0.05, 0.1) is 6.10 Å². The highest BCUT2D eigenvalue weighted by Gasteiger charge is 2.15. The molecule has 1 heterocycles. The summed E-state index contributed by atoms with van der Waals surface area (Å²) < 4.78 is 15.7. The Morgan fingerprint density at radius 3 is 2.80 bits per heavy atom. The summed E-state index contributed by atoms with van der Waals surface area (Å²) in [6.45, 7) is 0. The third-order valence-corrected chi connectivity index (χ3v) is 4.80. The molecule has 2 aromatic carbocycles. The van der Waals surface area contributed by atoms with Crippen LogP contribution in [-0.2, 0) is 6.42 Å². The molecule has 3 rings (SSSR count). The van der Waals surface area contributed by atoms with Crippen molar-refractivity contribution in [2.45, 2.75) is 12.5 Å². The van der Waals surface area contributed by atoms with Crippen LogP contribution in [0.15, 0.2) is 52.3 Å². The van der Waals surface area contributed by atoms with Gasteiger partial charge in [-0.2, -0.15) is 0 Å². The van der Waals surface area contributed by atoms with Crippen molar-refractivity contribution in [3.8, 4) is 0 Å². The molecule has 0 radical (unpaired) electrons. The van der Waals surface area contributed by atoms with Gasteiger partial charge in [0, 0.05) is 21.2 Å². The number of aliphatic hydroxyl groups is 1. The topological polar surface area (TPSA) is 20.2 Å². The minimum absolute atomic E-state index is 0.337. The number of rotatable bonds is 3. The highest BCUT2D eigenvalue weighted by Crippen LogP contribution is 2.30. The highest BCUT2D eigenvalue weighted by atomic mass is 79.9. The molecule has 1 atom stereocenters. The Morgan fingerprint density at radius 1 is 1.20 bits per heavy atom. The standard InChI is InChI=1S/C16H12BrFOS/c17-11-5-6-13(14(18)8-11)15(19)7-10-9-20-16-4-2-1-3-12(10)16/h1-6,8-9,15,19H,7H2. The van der Waals surface area contributed by atoms with E-state index in [1.807, 2.05) is 23.6 Å². The Morgan fingerprint density at radius 2 is 2.00 bits per heavy atom. The summed E-state index contributed by atoms with van der Waals surface area (Å²) in [5.74, 6) is -0.383. The van der Waals surface area contributed by atoms with E-state index in [0.717, 1.165) is 10.9 Å². The average Bonchev–Trinajstić information content (AvgIpc) is 2.82. The van der Waals surface area contributed by atoms with Gasteiger partial charge in [-0.15, -0.1) is 11.3 Å². The van der Waals surface area contributed by atoms with E-state index in [4.69, 9.17) is 0 Å². The molecule has 1 nitrogen and oxygen atoms in total. The molecule has 0 aliphatic carbocycles. The summed E-state index contributed by atoms with van der Waals surface area (Å²) in [5.41, 5.74) is 1.39. The van der Waals surface area contributed by atoms with Gasteiger partial charge in [0.1, 0.15) is 5.82 Å². The Bertz CT molecular complexity index is 753. The zero-order chi connectivity index (χ0) is 14.1. The Kier molecular flexibility index (Phi) is 3.87. The van der Waals surface area contributed by atoms with Gasteiger partial charge in [0.2, 0.25) is 0 Å². The Balaban J connectivity index is 1.90. The summed E-state index contributed by atoms with van der Waals surface area (Å²) in [6.07, 6.45) is -0.413. The van der Waals surface area contributed by atoms with E-state index in [1.54, 1.807) is 23.5 Å². The molecule has 4 heteroatoms. The van der Waals surface area contributed by atoms with Gasteiger partial charge in [-0.1, -0.05) is 40.2 Å². The summed E-state index contributed by atoms with van der Waals surface area (Å²) >= 11 is 4.86. The first-order valence-corrected chi connectivity index (χ1v) is 7.90. The van der Waals surface area contributed by atoms with Crippen LogP contribution in [0.25, 0.3) is 10.1 Å². The minimum atomic E-state index is -0.832. The van der Waals surface area contributed by atoms with E-state index >= 15 is 0 Å². The molecule has 102 valence electrons. The third kappa shape index (κ3) is 2.64. The van der Waals surface area contributed by atoms with Crippen molar-refractivity contribution < 1.29 is 9.50 Å². The quantitative estimate of drug-likeness (QED) is 0.698. The molecule has 1 aromatic heterocycles. The third-order valence-electron chi connectivity index (χ3n) is 3.30. The SMILES string of the molecule is OC(Cc1csc2ccccc12)c1ccc(Br)cc1F. The molecule has 1 unspecified atom stereocenters. The van der Waals surface area contributed by atoms with Crippen LogP contribution in [-0.4, -0.2) is 5.11 Å². The molecule has 1 N–H and O–H groups in total. The van der Waals surface area contributed by atoms with Crippen molar-refractivity contribution in [3.63, 3.8) is 0 Å². The highest BCUT2D eigenvalue weighted by molar-refractivity contribution is 9.10. The number of halogens is 2. The zero-order valence-electron chi connectivity index (χ0n) is 10.5. The molecule has 3 aromatic rings. The van der Waals surface area contributed by atoms with E-state index in [1.165, 1.54) is 10.8 Å². The monoisotopic (exact) mass is 350 g/mol. The van der Waals surface area contributed by atoms with Crippen LogP contribution in [0.3, 0.4) is 0 Å². The largest absolute Gasteiger partial charge is 0.388 e. The van der Waals surface area contributed by atoms with Gasteiger partial charge in [-0.3, -0.25) is 0 Å². The number of aliphatic hydroxyl groups excluding tert-OH is 1. The maximum Gasteiger partial charge on any atom is 0.130 e. The van der Waals surface area contributed by atoms with Crippen LogP contribution in [0.2, 0.25) is 0 Å². The first kappa shape index (κ1) is 13.7. The fraction of sp³-hybridized carbons (Fsp3) is 0.125. The van der Waals surface area contributed by atoms with Crippen molar-refractivity contribution in [1.29, 1.82) is 0 Å². The average molecular weight is 351 g/mol. The molecule has 0 amide bonds. The van der Waals surface area contributed by atoms with E-state index in [0.29, 0.717) is 16.5 Å². The lowest BCUT2D eigenvalue weighted by Crippen LogP contribution is -2.04. The first-order valence-electron chi connectivity index (χ1n) is 6.23. The number of hydrogen-bond donors (Lipinski definition) is 1. The molecule has 20 heavy (non-hydrogen) atoms. The lowest BCUT2D eigenvalue weighted by molar-refractivity contribution is 0.174. The maximum absolute atomic E-state index is 13.9. The molecule has 0 spiro atoms. The van der Waals surface area contributed by atoms with Crippen LogP contribution in [0.5, 0.6) is 0 Å². The first-order chi connectivity index (χ1) is 9.65. The van der Waals surface area contributed by atoms with Gasteiger partial charge < -0.3 is 5.11 Å². The lowest BCUT2D eigenvalue weighted by atomic mass is 10.0. The molecular weight excluding hydrogens is 339 g/mol. The predicted molar refractivity (Wildman–Crippen MR) is 84.6 cm³/mol. The van der Waals surface area contributed by atoms with Crippen molar-refractivity contribution in [1.82, 2.24) is 0 Å². The lowest BCUT2D eigenvalue weighted by Gasteiger charge is -2.12. The molecule has 0 aliphatic rings. The van der Waals surface area contributed by atoms with Crippen molar-refractivity contribution in [2.75, 3.05) is 0 Å². The number of hydrogen-bond acceptors (Lipinski definition) is 2. The van der Waals surface area contributed by atoms with E-state index < -0.39 is 6.10 Å². The summed E-state index contributed by atoms with van der Waals surface area (Å²) in [5, 5.41) is 13.4. The fourth-order valence-electron chi connectivity index (χ4n) is 2.28. The second-order valence-corrected chi connectivity index (χ2v) is 6.47. The van der Waals surface area contributed by atoms with Crippen molar-refractivity contribution in [2.24, 2.45) is 0 Å². The zero-order valence-corrected chi connectivity index (χ0v) is 12.9. The van der Waals surface area contributed by atoms with E-state index in [2.05, 4.69) is 22.0 Å². The Labute approximate surface area is 128 Å². The van der Waals surface area contributed by atoms with E-state index in [9.17, 15) is 9.50 Å². The van der Waals surface area contributed by atoms with Crippen LogP contribution in [0, 0.1) is 5.82 Å². The number of fused-ring (bicyclic) bond motifs is 1. The molecule has 0 aliphatic heterocycles. The van der Waals surface area contributed by atoms with Crippen LogP contribution in [0.1, 0.15) is 17.2 Å². The summed E-state index contributed by atoms with van der Waals surface area (Å²) in [7, 11) is 0. The molecular formula is C16H12BrFOS. The van der Waals surface area contributed by atoms with Crippen LogP contribution in [0.4, 0.5) is 4.39 Å². The number of benzene rings is 2. The van der Waals surface area contributed by atoms with Gasteiger partial charge in [0.15, 0.2) is 0 Å². The predicted octanol–water partition coefficient (Wildman–Crippen LogP) is 5.08. The molecule has 0 saturated carbocycles. The fourth-order valence-corrected chi connectivity index (χ4v) is 3.59. The smallest absolute Gasteiger partial charge is 0.130 e. The van der Waals surface area contributed by atoms with Crippen molar-refractivity contribution in [3.05, 3.63) is 69.3 Å². The van der Waals surface area contributed by atoms with Gasteiger partial charge in [0.25, 0.3) is 0 Å². The van der Waals surface area contributed by atoms with Crippen LogP contribution >= 0.6 is 27.3 Å². The van der Waals surface area contributed by atoms with Gasteiger partial charge in [-0.05, 0) is 34.5 Å². The number of thiophene rings is 1. The molecule has 0 bridgehead atoms. The van der Waals surface area contributed by atoms with E-state index in [-0.39, 0.29) is 5.82 Å². The van der Waals surface area contributed by atoms with Crippen LogP contribution < -0.4 is 0 Å². The summed E-state index contributed by atoms with van der Waals surface area (Å²) in [4.78, 5) is 0.